The second-order valence-corrected chi connectivity index (χ2v) is 2.72. The summed E-state index contributed by atoms with van der Waals surface area (Å²) >= 11 is 0. The third-order valence-corrected chi connectivity index (χ3v) is 1.93. The summed E-state index contributed by atoms with van der Waals surface area (Å²) in [6, 6.07) is 0.726. The van der Waals surface area contributed by atoms with Gasteiger partial charge in [-0.3, -0.25) is 0 Å². The molecule has 9 heavy (non-hydrogen) atoms. The molecule has 0 aromatic heterocycles. The van der Waals surface area contributed by atoms with E-state index in [1.165, 1.54) is 25.8 Å². The van der Waals surface area contributed by atoms with Crippen LogP contribution >= 0.6 is 0 Å². The lowest BCUT2D eigenvalue weighted by Crippen LogP contribution is -2.35. The van der Waals surface area contributed by atoms with Gasteiger partial charge in [0.2, 0.25) is 0 Å². The second-order valence-electron chi connectivity index (χ2n) is 2.72. The van der Waals surface area contributed by atoms with Crippen LogP contribution in [0.4, 0.5) is 0 Å². The smallest absolute Gasteiger partial charge is 0.00790 e. The average Bonchev–Trinajstić information content (AvgIpc) is 1.91. The van der Waals surface area contributed by atoms with E-state index in [-0.39, 0.29) is 0 Å². The normalized spacial score (nSPS) is 28.3. The zero-order valence-electron chi connectivity index (χ0n) is 5.90. The van der Waals surface area contributed by atoms with Crippen molar-refractivity contribution in [3.8, 4) is 0 Å². The molecule has 3 N–H and O–H groups in total. The quantitative estimate of drug-likeness (QED) is 0.567. The van der Waals surface area contributed by atoms with Crippen molar-refractivity contribution in [3.05, 3.63) is 0 Å². The Hall–Kier alpha value is -0.0800. The molecule has 1 saturated heterocycles. The van der Waals surface area contributed by atoms with Crippen LogP contribution in [0, 0.1) is 0 Å². The zero-order chi connectivity index (χ0) is 6.53. The number of hydrogen-bond acceptors (Lipinski definition) is 2. The predicted molar refractivity (Wildman–Crippen MR) is 39.3 cm³/mol. The molecule has 1 fully saturated rings. The van der Waals surface area contributed by atoms with Crippen molar-refractivity contribution in [2.45, 2.75) is 31.7 Å². The van der Waals surface area contributed by atoms with Gasteiger partial charge in [-0.15, -0.1) is 0 Å². The van der Waals surface area contributed by atoms with E-state index in [4.69, 9.17) is 5.73 Å². The van der Waals surface area contributed by atoms with E-state index >= 15 is 0 Å². The molecule has 1 heterocycles. The lowest BCUT2D eigenvalue weighted by molar-refractivity contribution is 0.386. The average molecular weight is 128 g/mol. The minimum atomic E-state index is 0.726. The van der Waals surface area contributed by atoms with Crippen molar-refractivity contribution < 1.29 is 0 Å². The highest BCUT2D eigenvalue weighted by atomic mass is 14.9. The molecule has 1 atom stereocenters. The van der Waals surface area contributed by atoms with Gasteiger partial charge in [-0.25, -0.2) is 0 Å². The first-order valence-corrected chi connectivity index (χ1v) is 3.87. The molecule has 0 aromatic rings. The fourth-order valence-electron chi connectivity index (χ4n) is 1.37. The molecule has 0 amide bonds. The molecule has 2 nitrogen and oxygen atoms in total. The molecule has 0 aliphatic carbocycles. The first kappa shape index (κ1) is 7.03. The molecule has 54 valence electrons. The fourth-order valence-corrected chi connectivity index (χ4v) is 1.37. The second kappa shape index (κ2) is 3.85. The standard InChI is InChI=1S/C7H16N2/c8-5-4-7-3-1-2-6-9-7/h7,9H,1-6,8H2/t7-/m1/s1. The van der Waals surface area contributed by atoms with Gasteiger partial charge in [-0.05, 0) is 32.4 Å². The molecule has 0 spiro atoms. The monoisotopic (exact) mass is 128 g/mol. The Morgan fingerprint density at radius 3 is 2.89 bits per heavy atom. The third kappa shape index (κ3) is 2.33. The lowest BCUT2D eigenvalue weighted by atomic mass is 10.0. The Labute approximate surface area is 56.8 Å². The maximum Gasteiger partial charge on any atom is 0.00790 e. The first-order valence-electron chi connectivity index (χ1n) is 3.87. The minimum Gasteiger partial charge on any atom is -0.330 e. The van der Waals surface area contributed by atoms with E-state index in [2.05, 4.69) is 5.32 Å². The molecule has 1 aliphatic rings. The van der Waals surface area contributed by atoms with E-state index in [0.29, 0.717) is 0 Å². The van der Waals surface area contributed by atoms with Crippen LogP contribution in [0.5, 0.6) is 0 Å². The number of piperidine rings is 1. The van der Waals surface area contributed by atoms with Crippen LogP contribution in [0.3, 0.4) is 0 Å². The van der Waals surface area contributed by atoms with Gasteiger partial charge in [-0.2, -0.15) is 0 Å². The maximum absolute atomic E-state index is 5.42. The van der Waals surface area contributed by atoms with Gasteiger partial charge >= 0.3 is 0 Å². The third-order valence-electron chi connectivity index (χ3n) is 1.93. The SMILES string of the molecule is NCC[C@H]1CCCCN1. The predicted octanol–water partition coefficient (Wildman–Crippen LogP) is 0.477. The molecule has 0 unspecified atom stereocenters. The van der Waals surface area contributed by atoms with E-state index in [1.54, 1.807) is 0 Å². The maximum atomic E-state index is 5.42. The molecular formula is C7H16N2. The highest BCUT2D eigenvalue weighted by molar-refractivity contribution is 4.71. The van der Waals surface area contributed by atoms with Gasteiger partial charge in [0, 0.05) is 6.04 Å². The molecule has 0 aromatic carbocycles. The summed E-state index contributed by atoms with van der Waals surface area (Å²) in [4.78, 5) is 0. The molecule has 1 aliphatic heterocycles. The molecule has 0 radical (unpaired) electrons. The Morgan fingerprint density at radius 2 is 2.33 bits per heavy atom. The Balaban J connectivity index is 2.08. The largest absolute Gasteiger partial charge is 0.330 e. The number of hydrogen-bond donors (Lipinski definition) is 2. The van der Waals surface area contributed by atoms with Gasteiger partial charge in [0.05, 0.1) is 0 Å². The van der Waals surface area contributed by atoms with Gasteiger partial charge < -0.3 is 11.1 Å². The summed E-state index contributed by atoms with van der Waals surface area (Å²) in [5, 5.41) is 3.44. The van der Waals surface area contributed by atoms with Gasteiger partial charge in [0.25, 0.3) is 0 Å². The van der Waals surface area contributed by atoms with Gasteiger partial charge in [-0.1, -0.05) is 6.42 Å². The van der Waals surface area contributed by atoms with Crippen LogP contribution in [0.25, 0.3) is 0 Å². The zero-order valence-corrected chi connectivity index (χ0v) is 5.90. The van der Waals surface area contributed by atoms with Crippen LogP contribution in [0.1, 0.15) is 25.7 Å². The number of rotatable bonds is 2. The van der Waals surface area contributed by atoms with Crippen molar-refractivity contribution in [2.24, 2.45) is 5.73 Å². The summed E-state index contributed by atoms with van der Waals surface area (Å²) in [5.41, 5.74) is 5.42. The molecule has 0 saturated carbocycles. The Morgan fingerprint density at radius 1 is 1.44 bits per heavy atom. The van der Waals surface area contributed by atoms with E-state index < -0.39 is 0 Å². The van der Waals surface area contributed by atoms with Crippen LogP contribution in [-0.4, -0.2) is 19.1 Å². The highest BCUT2D eigenvalue weighted by Crippen LogP contribution is 2.08. The van der Waals surface area contributed by atoms with Crippen LogP contribution in [-0.2, 0) is 0 Å². The molecule has 0 bridgehead atoms. The van der Waals surface area contributed by atoms with Crippen LogP contribution in [0.15, 0.2) is 0 Å². The summed E-state index contributed by atoms with van der Waals surface area (Å²) in [6.45, 7) is 2.03. The fraction of sp³-hybridized carbons (Fsp3) is 1.00. The minimum absolute atomic E-state index is 0.726. The number of nitrogens with one attached hydrogen (secondary N) is 1. The molecule has 1 rings (SSSR count). The Kier molecular flexibility index (Phi) is 3.01. The highest BCUT2D eigenvalue weighted by Gasteiger charge is 2.09. The van der Waals surface area contributed by atoms with Crippen LogP contribution in [0.2, 0.25) is 0 Å². The van der Waals surface area contributed by atoms with E-state index in [0.717, 1.165) is 19.0 Å². The summed E-state index contributed by atoms with van der Waals surface area (Å²) in [5.74, 6) is 0. The molecule has 2 heteroatoms. The van der Waals surface area contributed by atoms with Crippen LogP contribution < -0.4 is 11.1 Å². The van der Waals surface area contributed by atoms with Crippen molar-refractivity contribution in [2.75, 3.05) is 13.1 Å². The van der Waals surface area contributed by atoms with Crippen molar-refractivity contribution in [1.82, 2.24) is 5.32 Å². The number of nitrogens with two attached hydrogens (primary N) is 1. The summed E-state index contributed by atoms with van der Waals surface area (Å²) in [6.07, 6.45) is 5.22. The first-order chi connectivity index (χ1) is 4.43. The van der Waals surface area contributed by atoms with Crippen molar-refractivity contribution in [3.63, 3.8) is 0 Å². The van der Waals surface area contributed by atoms with Crippen molar-refractivity contribution in [1.29, 1.82) is 0 Å². The topological polar surface area (TPSA) is 38.0 Å². The van der Waals surface area contributed by atoms with E-state index in [1.807, 2.05) is 0 Å². The Bertz CT molecular complexity index is 64.6. The van der Waals surface area contributed by atoms with Gasteiger partial charge in [0.1, 0.15) is 0 Å². The summed E-state index contributed by atoms with van der Waals surface area (Å²) in [7, 11) is 0. The molecular weight excluding hydrogens is 112 g/mol. The van der Waals surface area contributed by atoms with Crippen molar-refractivity contribution >= 4 is 0 Å². The summed E-state index contributed by atoms with van der Waals surface area (Å²) < 4.78 is 0. The lowest BCUT2D eigenvalue weighted by Gasteiger charge is -2.22. The van der Waals surface area contributed by atoms with Gasteiger partial charge in [0.15, 0.2) is 0 Å². The van der Waals surface area contributed by atoms with E-state index in [9.17, 15) is 0 Å².